The SMILES string of the molecule is Cn1ncc(C2CCCC2)c1C=O. The minimum atomic E-state index is 0.578. The van der Waals surface area contributed by atoms with Crippen molar-refractivity contribution in [1.29, 1.82) is 0 Å². The number of aldehydes is 1. The molecule has 0 atom stereocenters. The molecule has 0 unspecified atom stereocenters. The lowest BCUT2D eigenvalue weighted by atomic mass is 9.99. The molecule has 2 rings (SSSR count). The van der Waals surface area contributed by atoms with Gasteiger partial charge >= 0.3 is 0 Å². The van der Waals surface area contributed by atoms with Gasteiger partial charge in [0, 0.05) is 12.6 Å². The number of nitrogens with zero attached hydrogens (tertiary/aromatic N) is 2. The average molecular weight is 178 g/mol. The van der Waals surface area contributed by atoms with Crippen LogP contribution in [0.1, 0.15) is 47.7 Å². The van der Waals surface area contributed by atoms with Gasteiger partial charge < -0.3 is 0 Å². The fourth-order valence-corrected chi connectivity index (χ4v) is 2.16. The first-order chi connectivity index (χ1) is 6.33. The molecule has 1 heterocycles. The lowest BCUT2D eigenvalue weighted by Crippen LogP contribution is -2.01. The quantitative estimate of drug-likeness (QED) is 0.648. The van der Waals surface area contributed by atoms with E-state index < -0.39 is 0 Å². The van der Waals surface area contributed by atoms with Gasteiger partial charge in [0.1, 0.15) is 5.69 Å². The van der Waals surface area contributed by atoms with Crippen LogP contribution in [0, 0.1) is 0 Å². The molecule has 1 aromatic rings. The van der Waals surface area contributed by atoms with Gasteiger partial charge in [0.2, 0.25) is 0 Å². The highest BCUT2D eigenvalue weighted by molar-refractivity contribution is 5.74. The summed E-state index contributed by atoms with van der Waals surface area (Å²) in [6.45, 7) is 0. The molecule has 0 saturated heterocycles. The number of aromatic nitrogens is 2. The Balaban J connectivity index is 2.32. The normalized spacial score (nSPS) is 17.9. The number of aryl methyl sites for hydroxylation is 1. The van der Waals surface area contributed by atoms with Gasteiger partial charge in [-0.05, 0) is 18.8 Å². The molecule has 3 nitrogen and oxygen atoms in total. The highest BCUT2D eigenvalue weighted by atomic mass is 16.1. The van der Waals surface area contributed by atoms with Gasteiger partial charge in [0.15, 0.2) is 6.29 Å². The summed E-state index contributed by atoms with van der Waals surface area (Å²) < 4.78 is 1.67. The number of hydrogen-bond donors (Lipinski definition) is 0. The van der Waals surface area contributed by atoms with E-state index in [1.165, 1.54) is 25.7 Å². The zero-order valence-electron chi connectivity index (χ0n) is 7.86. The van der Waals surface area contributed by atoms with Gasteiger partial charge in [0.05, 0.1) is 6.20 Å². The molecule has 13 heavy (non-hydrogen) atoms. The molecule has 1 saturated carbocycles. The smallest absolute Gasteiger partial charge is 0.168 e. The lowest BCUT2D eigenvalue weighted by molar-refractivity contribution is 0.111. The van der Waals surface area contributed by atoms with E-state index in [9.17, 15) is 4.79 Å². The Morgan fingerprint density at radius 3 is 2.85 bits per heavy atom. The van der Waals surface area contributed by atoms with Crippen LogP contribution in [0.15, 0.2) is 6.20 Å². The summed E-state index contributed by atoms with van der Waals surface area (Å²) in [7, 11) is 1.82. The van der Waals surface area contributed by atoms with Crippen LogP contribution in [-0.2, 0) is 7.05 Å². The number of rotatable bonds is 2. The van der Waals surface area contributed by atoms with Gasteiger partial charge in [-0.2, -0.15) is 5.10 Å². The van der Waals surface area contributed by atoms with Crippen molar-refractivity contribution in [3.63, 3.8) is 0 Å². The monoisotopic (exact) mass is 178 g/mol. The third-order valence-corrected chi connectivity index (χ3v) is 2.92. The average Bonchev–Trinajstić information content (AvgIpc) is 2.71. The zero-order valence-corrected chi connectivity index (χ0v) is 7.86. The van der Waals surface area contributed by atoms with Crippen LogP contribution in [0.25, 0.3) is 0 Å². The highest BCUT2D eigenvalue weighted by Gasteiger charge is 2.21. The predicted molar refractivity (Wildman–Crippen MR) is 49.8 cm³/mol. The van der Waals surface area contributed by atoms with E-state index >= 15 is 0 Å². The third kappa shape index (κ3) is 1.39. The van der Waals surface area contributed by atoms with Crippen molar-refractivity contribution < 1.29 is 4.79 Å². The Labute approximate surface area is 77.7 Å². The van der Waals surface area contributed by atoms with Crippen molar-refractivity contribution in [3.05, 3.63) is 17.5 Å². The standard InChI is InChI=1S/C10H14N2O/c1-12-10(7-13)9(6-11-12)8-4-2-3-5-8/h6-8H,2-5H2,1H3. The van der Waals surface area contributed by atoms with E-state index in [-0.39, 0.29) is 0 Å². The molecule has 1 aliphatic rings. The van der Waals surface area contributed by atoms with Crippen molar-refractivity contribution in [2.75, 3.05) is 0 Å². The predicted octanol–water partition coefficient (Wildman–Crippen LogP) is 1.89. The highest BCUT2D eigenvalue weighted by Crippen LogP contribution is 2.34. The van der Waals surface area contributed by atoms with Crippen LogP contribution in [0.2, 0.25) is 0 Å². The third-order valence-electron chi connectivity index (χ3n) is 2.92. The minimum absolute atomic E-state index is 0.578. The molecule has 70 valence electrons. The second kappa shape index (κ2) is 3.32. The van der Waals surface area contributed by atoms with Crippen LogP contribution in [0.3, 0.4) is 0 Å². The number of hydrogen-bond acceptors (Lipinski definition) is 2. The molecule has 1 fully saturated rings. The molecule has 0 aromatic carbocycles. The van der Waals surface area contributed by atoms with Gasteiger partial charge in [-0.3, -0.25) is 9.48 Å². The van der Waals surface area contributed by atoms with E-state index in [1.54, 1.807) is 4.68 Å². The summed E-state index contributed by atoms with van der Waals surface area (Å²) in [4.78, 5) is 10.8. The summed E-state index contributed by atoms with van der Waals surface area (Å²) in [5.74, 6) is 0.578. The zero-order chi connectivity index (χ0) is 9.26. The molecular formula is C10H14N2O. The largest absolute Gasteiger partial charge is 0.296 e. The Morgan fingerprint density at radius 1 is 1.54 bits per heavy atom. The van der Waals surface area contributed by atoms with Gasteiger partial charge in [-0.1, -0.05) is 12.8 Å². The van der Waals surface area contributed by atoms with Crippen molar-refractivity contribution in [2.45, 2.75) is 31.6 Å². The Bertz CT molecular complexity index is 311. The van der Waals surface area contributed by atoms with Gasteiger partial charge in [-0.15, -0.1) is 0 Å². The second-order valence-corrected chi connectivity index (χ2v) is 3.71. The van der Waals surface area contributed by atoms with Gasteiger partial charge in [-0.25, -0.2) is 0 Å². The number of carbonyl (C=O) groups is 1. The van der Waals surface area contributed by atoms with E-state index in [0.717, 1.165) is 17.5 Å². The lowest BCUT2D eigenvalue weighted by Gasteiger charge is -2.06. The summed E-state index contributed by atoms with van der Waals surface area (Å²) >= 11 is 0. The maximum atomic E-state index is 10.8. The number of carbonyl (C=O) groups excluding carboxylic acids is 1. The summed E-state index contributed by atoms with van der Waals surface area (Å²) in [5.41, 5.74) is 1.90. The molecule has 0 bridgehead atoms. The Morgan fingerprint density at radius 2 is 2.23 bits per heavy atom. The maximum Gasteiger partial charge on any atom is 0.168 e. The first-order valence-electron chi connectivity index (χ1n) is 4.80. The molecule has 0 spiro atoms. The van der Waals surface area contributed by atoms with Crippen molar-refractivity contribution in [3.8, 4) is 0 Å². The van der Waals surface area contributed by atoms with Crippen molar-refractivity contribution in [2.24, 2.45) is 7.05 Å². The van der Waals surface area contributed by atoms with Crippen LogP contribution in [-0.4, -0.2) is 16.1 Å². The molecule has 3 heteroatoms. The van der Waals surface area contributed by atoms with Gasteiger partial charge in [0.25, 0.3) is 0 Å². The molecule has 0 amide bonds. The first-order valence-corrected chi connectivity index (χ1v) is 4.80. The summed E-state index contributed by atoms with van der Waals surface area (Å²) in [5, 5.41) is 4.12. The summed E-state index contributed by atoms with van der Waals surface area (Å²) in [6.07, 6.45) is 7.77. The minimum Gasteiger partial charge on any atom is -0.296 e. The second-order valence-electron chi connectivity index (χ2n) is 3.71. The van der Waals surface area contributed by atoms with E-state index in [2.05, 4.69) is 5.10 Å². The molecule has 0 radical (unpaired) electrons. The first kappa shape index (κ1) is 8.48. The van der Waals surface area contributed by atoms with E-state index in [4.69, 9.17) is 0 Å². The van der Waals surface area contributed by atoms with Crippen molar-refractivity contribution in [1.82, 2.24) is 9.78 Å². The molecule has 1 aromatic heterocycles. The molecule has 1 aliphatic carbocycles. The fraction of sp³-hybridized carbons (Fsp3) is 0.600. The Kier molecular flexibility index (Phi) is 2.17. The Hall–Kier alpha value is -1.12. The van der Waals surface area contributed by atoms with E-state index in [0.29, 0.717) is 5.92 Å². The maximum absolute atomic E-state index is 10.8. The van der Waals surface area contributed by atoms with Crippen LogP contribution >= 0.6 is 0 Å². The van der Waals surface area contributed by atoms with E-state index in [1.807, 2.05) is 13.2 Å². The fourth-order valence-electron chi connectivity index (χ4n) is 2.16. The molecule has 0 aliphatic heterocycles. The summed E-state index contributed by atoms with van der Waals surface area (Å²) in [6, 6.07) is 0. The van der Waals surface area contributed by atoms with Crippen LogP contribution in [0.4, 0.5) is 0 Å². The van der Waals surface area contributed by atoms with Crippen molar-refractivity contribution >= 4 is 6.29 Å². The molecular weight excluding hydrogens is 164 g/mol. The topological polar surface area (TPSA) is 34.9 Å². The van der Waals surface area contributed by atoms with Crippen LogP contribution < -0.4 is 0 Å². The van der Waals surface area contributed by atoms with Crippen LogP contribution in [0.5, 0.6) is 0 Å². The molecule has 0 N–H and O–H groups in total.